The Kier molecular flexibility index (Phi) is 2.65. The Morgan fingerprint density at radius 1 is 1.50 bits per heavy atom. The first-order chi connectivity index (χ1) is 6.74. The number of H-pyrrole nitrogens is 1. The fraction of sp³-hybridized carbons (Fsp3) is 0.333. The van der Waals surface area contributed by atoms with Gasteiger partial charge in [0.25, 0.3) is 0 Å². The molecule has 2 heterocycles. The van der Waals surface area contributed by atoms with Crippen molar-refractivity contribution in [2.24, 2.45) is 0 Å². The van der Waals surface area contributed by atoms with E-state index < -0.39 is 0 Å². The molecule has 0 fully saturated rings. The van der Waals surface area contributed by atoms with E-state index in [1.165, 1.54) is 11.8 Å². The van der Waals surface area contributed by atoms with Gasteiger partial charge in [0.15, 0.2) is 5.16 Å². The Morgan fingerprint density at radius 3 is 2.93 bits per heavy atom. The Morgan fingerprint density at radius 2 is 2.29 bits per heavy atom. The SMILES string of the molecule is CCc1cc2c(Cl)nc(SC)nc2[nH]1. The second-order valence-corrected chi connectivity index (χ2v) is 4.04. The van der Waals surface area contributed by atoms with Gasteiger partial charge in [0, 0.05) is 5.69 Å². The molecule has 2 aromatic rings. The minimum absolute atomic E-state index is 0.523. The normalized spacial score (nSPS) is 11.1. The molecule has 14 heavy (non-hydrogen) atoms. The third-order valence-electron chi connectivity index (χ3n) is 2.04. The summed E-state index contributed by atoms with van der Waals surface area (Å²) in [7, 11) is 0. The van der Waals surface area contributed by atoms with Gasteiger partial charge in [-0.05, 0) is 18.7 Å². The molecule has 2 aromatic heterocycles. The molecule has 0 aliphatic carbocycles. The summed E-state index contributed by atoms with van der Waals surface area (Å²) in [5, 5.41) is 2.13. The minimum Gasteiger partial charge on any atom is -0.343 e. The van der Waals surface area contributed by atoms with Crippen LogP contribution in [0.2, 0.25) is 5.15 Å². The van der Waals surface area contributed by atoms with Crippen LogP contribution in [0.15, 0.2) is 11.2 Å². The third-order valence-corrected chi connectivity index (χ3v) is 2.88. The van der Waals surface area contributed by atoms with Crippen molar-refractivity contribution >= 4 is 34.4 Å². The van der Waals surface area contributed by atoms with Crippen LogP contribution >= 0.6 is 23.4 Å². The number of thioether (sulfide) groups is 1. The molecule has 0 saturated heterocycles. The lowest BCUT2D eigenvalue weighted by atomic mass is 10.3. The van der Waals surface area contributed by atoms with Crippen LogP contribution in [0.3, 0.4) is 0 Å². The number of nitrogens with one attached hydrogen (secondary N) is 1. The van der Waals surface area contributed by atoms with E-state index in [-0.39, 0.29) is 0 Å². The molecule has 0 aromatic carbocycles. The van der Waals surface area contributed by atoms with Crippen molar-refractivity contribution in [3.8, 4) is 0 Å². The third kappa shape index (κ3) is 1.60. The summed E-state index contributed by atoms with van der Waals surface area (Å²) in [5.74, 6) is 0. The van der Waals surface area contributed by atoms with E-state index in [1.54, 1.807) is 0 Å². The van der Waals surface area contributed by atoms with Gasteiger partial charge in [-0.25, -0.2) is 9.97 Å². The van der Waals surface area contributed by atoms with Gasteiger partial charge in [-0.15, -0.1) is 0 Å². The van der Waals surface area contributed by atoms with Crippen molar-refractivity contribution in [1.82, 2.24) is 15.0 Å². The van der Waals surface area contributed by atoms with Crippen molar-refractivity contribution in [1.29, 1.82) is 0 Å². The monoisotopic (exact) mass is 227 g/mol. The molecule has 0 atom stereocenters. The van der Waals surface area contributed by atoms with Crippen LogP contribution in [0.25, 0.3) is 11.0 Å². The minimum atomic E-state index is 0.523. The van der Waals surface area contributed by atoms with Crippen LogP contribution in [0.1, 0.15) is 12.6 Å². The summed E-state index contributed by atoms with van der Waals surface area (Å²) >= 11 is 7.51. The van der Waals surface area contributed by atoms with Crippen molar-refractivity contribution in [3.05, 3.63) is 16.9 Å². The van der Waals surface area contributed by atoms with E-state index in [4.69, 9.17) is 11.6 Å². The lowest BCUT2D eigenvalue weighted by Gasteiger charge is -1.96. The molecule has 0 radical (unpaired) electrons. The van der Waals surface area contributed by atoms with Crippen LogP contribution in [-0.2, 0) is 6.42 Å². The zero-order chi connectivity index (χ0) is 10.1. The number of hydrogen-bond acceptors (Lipinski definition) is 3. The smallest absolute Gasteiger partial charge is 0.190 e. The molecule has 0 unspecified atom stereocenters. The standard InChI is InChI=1S/C9H10ClN3S/c1-3-5-4-6-7(10)12-9(14-2)13-8(6)11-5/h4H,3H2,1-2H3,(H,11,12,13). The average Bonchev–Trinajstić information content (AvgIpc) is 2.61. The molecule has 2 rings (SSSR count). The van der Waals surface area contributed by atoms with E-state index in [0.29, 0.717) is 10.3 Å². The maximum atomic E-state index is 6.03. The summed E-state index contributed by atoms with van der Waals surface area (Å²) < 4.78 is 0. The van der Waals surface area contributed by atoms with Gasteiger partial charge in [-0.1, -0.05) is 30.3 Å². The highest BCUT2D eigenvalue weighted by atomic mass is 35.5. The molecule has 74 valence electrons. The fourth-order valence-corrected chi connectivity index (χ4v) is 1.93. The number of nitrogens with zero attached hydrogens (tertiary/aromatic N) is 2. The van der Waals surface area contributed by atoms with Crippen molar-refractivity contribution in [3.63, 3.8) is 0 Å². The van der Waals surface area contributed by atoms with Crippen LogP contribution in [0.4, 0.5) is 0 Å². The second-order valence-electron chi connectivity index (χ2n) is 2.91. The van der Waals surface area contributed by atoms with Crippen molar-refractivity contribution in [2.75, 3.05) is 6.26 Å². The van der Waals surface area contributed by atoms with E-state index in [1.807, 2.05) is 12.3 Å². The first-order valence-electron chi connectivity index (χ1n) is 4.33. The van der Waals surface area contributed by atoms with Crippen LogP contribution in [0, 0.1) is 0 Å². The topological polar surface area (TPSA) is 41.6 Å². The molecule has 3 nitrogen and oxygen atoms in total. The number of hydrogen-bond donors (Lipinski definition) is 1. The Balaban J connectivity index is 2.67. The van der Waals surface area contributed by atoms with Crippen molar-refractivity contribution in [2.45, 2.75) is 18.5 Å². The van der Waals surface area contributed by atoms with Crippen molar-refractivity contribution < 1.29 is 0 Å². The lowest BCUT2D eigenvalue weighted by molar-refractivity contribution is 0.990. The zero-order valence-corrected chi connectivity index (χ0v) is 9.54. The van der Waals surface area contributed by atoms with Gasteiger partial charge < -0.3 is 4.98 Å². The van der Waals surface area contributed by atoms with Gasteiger partial charge in [0.05, 0.1) is 5.39 Å². The van der Waals surface area contributed by atoms with Gasteiger partial charge in [-0.3, -0.25) is 0 Å². The quantitative estimate of drug-likeness (QED) is 0.487. The highest BCUT2D eigenvalue weighted by Gasteiger charge is 2.08. The van der Waals surface area contributed by atoms with Gasteiger partial charge in [0.2, 0.25) is 0 Å². The van der Waals surface area contributed by atoms with Crippen LogP contribution in [-0.4, -0.2) is 21.2 Å². The Labute approximate surface area is 91.3 Å². The molecule has 0 aliphatic rings. The summed E-state index contributed by atoms with van der Waals surface area (Å²) in [4.78, 5) is 11.7. The van der Waals surface area contributed by atoms with E-state index >= 15 is 0 Å². The maximum absolute atomic E-state index is 6.03. The molecule has 5 heteroatoms. The number of aromatic nitrogens is 3. The summed E-state index contributed by atoms with van der Waals surface area (Å²) in [6.45, 7) is 2.08. The molecule has 1 N–H and O–H groups in total. The second kappa shape index (κ2) is 3.79. The van der Waals surface area contributed by atoms with Gasteiger partial charge in [-0.2, -0.15) is 0 Å². The molecular formula is C9H10ClN3S. The molecule has 0 bridgehead atoms. The number of aryl methyl sites for hydroxylation is 1. The number of halogens is 1. The van der Waals surface area contributed by atoms with E-state index in [0.717, 1.165) is 23.1 Å². The molecule has 0 amide bonds. The fourth-order valence-electron chi connectivity index (χ4n) is 1.29. The summed E-state index contributed by atoms with van der Waals surface area (Å²) in [5.41, 5.74) is 1.96. The average molecular weight is 228 g/mol. The number of rotatable bonds is 2. The zero-order valence-electron chi connectivity index (χ0n) is 7.97. The maximum Gasteiger partial charge on any atom is 0.190 e. The molecular weight excluding hydrogens is 218 g/mol. The first-order valence-corrected chi connectivity index (χ1v) is 5.94. The van der Waals surface area contributed by atoms with Crippen LogP contribution < -0.4 is 0 Å². The number of aromatic amines is 1. The predicted molar refractivity (Wildman–Crippen MR) is 60.1 cm³/mol. The molecule has 0 aliphatic heterocycles. The van der Waals surface area contributed by atoms with Crippen LogP contribution in [0.5, 0.6) is 0 Å². The largest absolute Gasteiger partial charge is 0.343 e. The predicted octanol–water partition coefficient (Wildman–Crippen LogP) is 2.90. The molecule has 0 saturated carbocycles. The lowest BCUT2D eigenvalue weighted by Crippen LogP contribution is -1.87. The summed E-state index contributed by atoms with van der Waals surface area (Å²) in [6.07, 6.45) is 2.88. The van der Waals surface area contributed by atoms with Gasteiger partial charge in [0.1, 0.15) is 10.8 Å². The highest BCUT2D eigenvalue weighted by molar-refractivity contribution is 7.98. The van der Waals surface area contributed by atoms with Gasteiger partial charge >= 0.3 is 0 Å². The van der Waals surface area contributed by atoms with E-state index in [2.05, 4.69) is 21.9 Å². The molecule has 0 spiro atoms. The first kappa shape index (κ1) is 9.80. The number of fused-ring (bicyclic) bond motifs is 1. The Hall–Kier alpha value is -0.740. The highest BCUT2D eigenvalue weighted by Crippen LogP contribution is 2.23. The Bertz CT molecular complexity index is 466. The summed E-state index contributed by atoms with van der Waals surface area (Å²) in [6, 6.07) is 2.00. The van der Waals surface area contributed by atoms with E-state index in [9.17, 15) is 0 Å².